The van der Waals surface area contributed by atoms with Gasteiger partial charge in [-0.2, -0.15) is 0 Å². The average Bonchev–Trinajstić information content (AvgIpc) is 2.33. The molecule has 4 nitrogen and oxygen atoms in total. The molecule has 0 aliphatic carbocycles. The molecule has 2 atom stereocenters. The van der Waals surface area contributed by atoms with Crippen LogP contribution in [0.25, 0.3) is 0 Å². The third-order valence-electron chi connectivity index (χ3n) is 1.90. The largest absolute Gasteiger partial charge is 0.357 e. The fraction of sp³-hybridized carbons (Fsp3) is 0.778. The van der Waals surface area contributed by atoms with Crippen molar-refractivity contribution in [3.8, 4) is 0 Å². The molecule has 1 aliphatic rings. The monoisotopic (exact) mass is 264 g/mol. The van der Waals surface area contributed by atoms with E-state index in [4.69, 9.17) is 11.5 Å². The summed E-state index contributed by atoms with van der Waals surface area (Å²) < 4.78 is 0. The maximum atomic E-state index is 5.70. The SMILES string of the molecule is Br.CC(N)CN1C=CN(CC(C)N)C1. The Bertz CT molecular complexity index is 164. The van der Waals surface area contributed by atoms with E-state index >= 15 is 0 Å². The molecule has 5 heteroatoms. The lowest BCUT2D eigenvalue weighted by atomic mass is 10.3. The van der Waals surface area contributed by atoms with Crippen LogP contribution in [-0.4, -0.2) is 41.6 Å². The van der Waals surface area contributed by atoms with Crippen LogP contribution < -0.4 is 11.5 Å². The minimum atomic E-state index is 0. The molecule has 0 aromatic rings. The van der Waals surface area contributed by atoms with E-state index in [0.717, 1.165) is 19.8 Å². The van der Waals surface area contributed by atoms with E-state index in [1.54, 1.807) is 0 Å². The van der Waals surface area contributed by atoms with Gasteiger partial charge in [0.25, 0.3) is 0 Å². The van der Waals surface area contributed by atoms with E-state index in [0.29, 0.717) is 0 Å². The van der Waals surface area contributed by atoms with Gasteiger partial charge in [0, 0.05) is 37.6 Å². The van der Waals surface area contributed by atoms with Crippen LogP contribution in [0.5, 0.6) is 0 Å². The molecule has 0 amide bonds. The van der Waals surface area contributed by atoms with Crippen LogP contribution in [-0.2, 0) is 0 Å². The summed E-state index contributed by atoms with van der Waals surface area (Å²) in [6.45, 7) is 6.77. The summed E-state index contributed by atoms with van der Waals surface area (Å²) in [6.07, 6.45) is 4.15. The summed E-state index contributed by atoms with van der Waals surface area (Å²) in [4.78, 5) is 4.40. The Hall–Kier alpha value is -0.260. The Kier molecular flexibility index (Phi) is 6.15. The van der Waals surface area contributed by atoms with Gasteiger partial charge in [-0.3, -0.25) is 0 Å². The van der Waals surface area contributed by atoms with E-state index < -0.39 is 0 Å². The van der Waals surface area contributed by atoms with Crippen molar-refractivity contribution in [2.24, 2.45) is 11.5 Å². The van der Waals surface area contributed by atoms with E-state index in [1.807, 2.05) is 13.8 Å². The van der Waals surface area contributed by atoms with Crippen molar-refractivity contribution in [2.75, 3.05) is 19.8 Å². The van der Waals surface area contributed by atoms with E-state index in [2.05, 4.69) is 22.2 Å². The Morgan fingerprint density at radius 2 is 1.43 bits per heavy atom. The van der Waals surface area contributed by atoms with Crippen LogP contribution in [0.2, 0.25) is 0 Å². The van der Waals surface area contributed by atoms with Gasteiger partial charge in [-0.1, -0.05) is 0 Å². The van der Waals surface area contributed by atoms with E-state index in [9.17, 15) is 0 Å². The number of halogens is 1. The van der Waals surface area contributed by atoms with E-state index in [1.165, 1.54) is 0 Å². The zero-order valence-corrected chi connectivity index (χ0v) is 10.6. The Morgan fingerprint density at radius 1 is 1.07 bits per heavy atom. The minimum absolute atomic E-state index is 0. The number of hydrogen-bond acceptors (Lipinski definition) is 4. The maximum absolute atomic E-state index is 5.70. The summed E-state index contributed by atoms with van der Waals surface area (Å²) in [5, 5.41) is 0. The lowest BCUT2D eigenvalue weighted by Crippen LogP contribution is -2.37. The van der Waals surface area contributed by atoms with Crippen LogP contribution in [0, 0.1) is 0 Å². The normalized spacial score (nSPS) is 19.4. The first-order valence-electron chi connectivity index (χ1n) is 4.75. The smallest absolute Gasteiger partial charge is 0.0895 e. The predicted molar refractivity (Wildman–Crippen MR) is 65.0 cm³/mol. The first-order valence-corrected chi connectivity index (χ1v) is 4.75. The van der Waals surface area contributed by atoms with Crippen molar-refractivity contribution in [1.82, 2.24) is 9.80 Å². The van der Waals surface area contributed by atoms with Gasteiger partial charge >= 0.3 is 0 Å². The second-order valence-electron chi connectivity index (χ2n) is 3.94. The molecular weight excluding hydrogens is 244 g/mol. The highest BCUT2D eigenvalue weighted by Gasteiger charge is 2.13. The summed E-state index contributed by atoms with van der Waals surface area (Å²) in [6, 6.07) is 0.444. The molecule has 0 saturated carbocycles. The van der Waals surface area contributed by atoms with Gasteiger partial charge in [0.2, 0.25) is 0 Å². The minimum Gasteiger partial charge on any atom is -0.357 e. The molecule has 14 heavy (non-hydrogen) atoms. The number of nitrogens with two attached hydrogens (primary N) is 2. The van der Waals surface area contributed by atoms with Crippen molar-refractivity contribution in [3.63, 3.8) is 0 Å². The van der Waals surface area contributed by atoms with Crippen molar-refractivity contribution in [3.05, 3.63) is 12.4 Å². The Balaban J connectivity index is 0.00000169. The molecular formula is C9H21BrN4. The molecule has 1 heterocycles. The zero-order chi connectivity index (χ0) is 9.84. The third-order valence-corrected chi connectivity index (χ3v) is 1.90. The molecule has 4 N–H and O–H groups in total. The highest BCUT2D eigenvalue weighted by molar-refractivity contribution is 8.93. The molecule has 0 spiro atoms. The van der Waals surface area contributed by atoms with Crippen LogP contribution in [0.1, 0.15) is 13.8 Å². The third kappa shape index (κ3) is 4.83. The molecule has 1 aliphatic heterocycles. The summed E-state index contributed by atoms with van der Waals surface area (Å²) in [5.41, 5.74) is 11.4. The molecule has 0 saturated heterocycles. The summed E-state index contributed by atoms with van der Waals surface area (Å²) in [5.74, 6) is 0. The Morgan fingerprint density at radius 3 is 1.71 bits per heavy atom. The number of rotatable bonds is 4. The van der Waals surface area contributed by atoms with Gasteiger partial charge in [-0.05, 0) is 13.8 Å². The van der Waals surface area contributed by atoms with Gasteiger partial charge in [-0.15, -0.1) is 17.0 Å². The highest BCUT2D eigenvalue weighted by Crippen LogP contribution is 2.06. The van der Waals surface area contributed by atoms with Gasteiger partial charge in [-0.25, -0.2) is 0 Å². The fourth-order valence-electron chi connectivity index (χ4n) is 1.49. The van der Waals surface area contributed by atoms with Crippen LogP contribution >= 0.6 is 17.0 Å². The van der Waals surface area contributed by atoms with Gasteiger partial charge < -0.3 is 21.3 Å². The zero-order valence-electron chi connectivity index (χ0n) is 8.89. The fourth-order valence-corrected chi connectivity index (χ4v) is 1.49. The molecule has 2 unspecified atom stereocenters. The lowest BCUT2D eigenvalue weighted by Gasteiger charge is -2.23. The molecule has 0 bridgehead atoms. The van der Waals surface area contributed by atoms with Crippen LogP contribution in [0.3, 0.4) is 0 Å². The summed E-state index contributed by atoms with van der Waals surface area (Å²) >= 11 is 0. The first-order chi connectivity index (χ1) is 6.08. The molecule has 0 radical (unpaired) electrons. The maximum Gasteiger partial charge on any atom is 0.0895 e. The second kappa shape index (κ2) is 6.27. The van der Waals surface area contributed by atoms with Gasteiger partial charge in [0.15, 0.2) is 0 Å². The van der Waals surface area contributed by atoms with E-state index in [-0.39, 0.29) is 29.1 Å². The standard InChI is InChI=1S/C9H20N4.BrH/c1-8(10)5-12-3-4-13(7-12)6-9(2)11;/h3-4,8-9H,5-7,10-11H2,1-2H3;1H. The summed E-state index contributed by atoms with van der Waals surface area (Å²) in [7, 11) is 0. The van der Waals surface area contributed by atoms with Crippen molar-refractivity contribution in [1.29, 1.82) is 0 Å². The predicted octanol–water partition coefficient (Wildman–Crippen LogP) is 0.305. The first kappa shape index (κ1) is 13.7. The van der Waals surface area contributed by atoms with Gasteiger partial charge in [0.05, 0.1) is 6.67 Å². The molecule has 84 valence electrons. The Labute approximate surface area is 96.7 Å². The van der Waals surface area contributed by atoms with Crippen LogP contribution in [0.4, 0.5) is 0 Å². The van der Waals surface area contributed by atoms with Crippen LogP contribution in [0.15, 0.2) is 12.4 Å². The highest BCUT2D eigenvalue weighted by atomic mass is 79.9. The van der Waals surface area contributed by atoms with Gasteiger partial charge in [0.1, 0.15) is 0 Å². The lowest BCUT2D eigenvalue weighted by molar-refractivity contribution is 0.250. The average molecular weight is 265 g/mol. The van der Waals surface area contributed by atoms with Crippen molar-refractivity contribution in [2.45, 2.75) is 25.9 Å². The quantitative estimate of drug-likeness (QED) is 0.768. The van der Waals surface area contributed by atoms with Crippen molar-refractivity contribution < 1.29 is 0 Å². The molecule has 1 rings (SSSR count). The number of nitrogens with zero attached hydrogens (tertiary/aromatic N) is 2. The second-order valence-corrected chi connectivity index (χ2v) is 3.94. The topological polar surface area (TPSA) is 58.5 Å². The molecule has 0 aromatic heterocycles. The van der Waals surface area contributed by atoms with Crippen molar-refractivity contribution >= 4 is 17.0 Å². The number of hydrogen-bond donors (Lipinski definition) is 2. The molecule has 0 aromatic carbocycles. The molecule has 0 fully saturated rings.